The second kappa shape index (κ2) is 5.97. The lowest BCUT2D eigenvalue weighted by molar-refractivity contribution is 0.100. The molecule has 0 atom stereocenters. The summed E-state index contributed by atoms with van der Waals surface area (Å²) in [6, 6.07) is 12.4. The van der Waals surface area contributed by atoms with Crippen molar-refractivity contribution in [2.45, 2.75) is 6.92 Å². The summed E-state index contributed by atoms with van der Waals surface area (Å²) in [6.07, 6.45) is 0. The van der Waals surface area contributed by atoms with E-state index in [1.807, 2.05) is 31.2 Å². The first-order valence-electron chi connectivity index (χ1n) is 6.30. The molecule has 20 heavy (non-hydrogen) atoms. The molecule has 0 aliphatic carbocycles. The predicted octanol–water partition coefficient (Wildman–Crippen LogP) is 2.51. The highest BCUT2D eigenvalue weighted by atomic mass is 16.5. The van der Waals surface area contributed by atoms with Gasteiger partial charge in [0.2, 0.25) is 0 Å². The number of primary amides is 1. The number of nitrogen functional groups attached to an aromatic ring is 1. The Bertz CT molecular complexity index is 626. The molecule has 0 bridgehead atoms. The molecule has 2 aromatic carbocycles. The number of nitrogens with one attached hydrogen (secondary N) is 1. The van der Waals surface area contributed by atoms with E-state index in [-0.39, 0.29) is 0 Å². The van der Waals surface area contributed by atoms with Crippen LogP contribution in [0.2, 0.25) is 0 Å². The predicted molar refractivity (Wildman–Crippen MR) is 80.3 cm³/mol. The van der Waals surface area contributed by atoms with E-state index >= 15 is 0 Å². The van der Waals surface area contributed by atoms with Crippen LogP contribution in [0.1, 0.15) is 17.3 Å². The summed E-state index contributed by atoms with van der Waals surface area (Å²) in [5.41, 5.74) is 13.4. The topological polar surface area (TPSA) is 90.4 Å². The molecule has 0 heterocycles. The third-order valence-electron chi connectivity index (χ3n) is 2.77. The third kappa shape index (κ3) is 3.00. The van der Waals surface area contributed by atoms with Crippen LogP contribution >= 0.6 is 0 Å². The zero-order chi connectivity index (χ0) is 14.5. The number of ether oxygens (including phenoxy) is 1. The van der Waals surface area contributed by atoms with E-state index in [9.17, 15) is 4.79 Å². The minimum absolute atomic E-state index is 0.380. The van der Waals surface area contributed by atoms with Crippen LogP contribution in [0.3, 0.4) is 0 Å². The normalized spacial score (nSPS) is 10.1. The first-order chi connectivity index (χ1) is 9.61. The van der Waals surface area contributed by atoms with Gasteiger partial charge in [-0.3, -0.25) is 4.79 Å². The maximum Gasteiger partial charge on any atom is 0.250 e. The van der Waals surface area contributed by atoms with Crippen LogP contribution in [0, 0.1) is 0 Å². The van der Waals surface area contributed by atoms with Gasteiger partial charge >= 0.3 is 0 Å². The highest BCUT2D eigenvalue weighted by Crippen LogP contribution is 2.30. The Labute approximate surface area is 117 Å². The van der Waals surface area contributed by atoms with Crippen molar-refractivity contribution in [2.75, 3.05) is 17.7 Å². The maximum atomic E-state index is 11.4. The van der Waals surface area contributed by atoms with Crippen molar-refractivity contribution < 1.29 is 9.53 Å². The fraction of sp³-hybridized carbons (Fsp3) is 0.133. The lowest BCUT2D eigenvalue weighted by atomic mass is 10.1. The lowest BCUT2D eigenvalue weighted by Crippen LogP contribution is -2.13. The molecule has 0 aliphatic heterocycles. The summed E-state index contributed by atoms with van der Waals surface area (Å²) in [6.45, 7) is 2.46. The van der Waals surface area contributed by atoms with E-state index in [1.54, 1.807) is 18.2 Å². The van der Waals surface area contributed by atoms with Crippen molar-refractivity contribution in [1.82, 2.24) is 0 Å². The monoisotopic (exact) mass is 271 g/mol. The number of hydrogen-bond acceptors (Lipinski definition) is 4. The minimum atomic E-state index is -0.513. The van der Waals surface area contributed by atoms with Crippen LogP contribution in [0.15, 0.2) is 42.5 Å². The van der Waals surface area contributed by atoms with Crippen LogP contribution in [0.5, 0.6) is 5.75 Å². The van der Waals surface area contributed by atoms with Gasteiger partial charge in [0, 0.05) is 5.69 Å². The van der Waals surface area contributed by atoms with E-state index in [4.69, 9.17) is 16.2 Å². The summed E-state index contributed by atoms with van der Waals surface area (Å²) in [5.74, 6) is 0.189. The summed E-state index contributed by atoms with van der Waals surface area (Å²) in [5, 5.41) is 3.14. The molecule has 0 radical (unpaired) electrons. The molecule has 5 nitrogen and oxygen atoms in total. The number of para-hydroxylation sites is 2. The molecule has 0 aromatic heterocycles. The fourth-order valence-electron chi connectivity index (χ4n) is 1.88. The molecule has 0 aliphatic rings. The van der Waals surface area contributed by atoms with Gasteiger partial charge in [-0.05, 0) is 37.3 Å². The fourth-order valence-corrected chi connectivity index (χ4v) is 1.88. The lowest BCUT2D eigenvalue weighted by Gasteiger charge is -2.14. The van der Waals surface area contributed by atoms with Crippen LogP contribution in [-0.2, 0) is 0 Å². The average molecular weight is 271 g/mol. The summed E-state index contributed by atoms with van der Waals surface area (Å²) >= 11 is 0. The molecule has 2 aromatic rings. The Hall–Kier alpha value is -2.69. The first kappa shape index (κ1) is 13.7. The van der Waals surface area contributed by atoms with Gasteiger partial charge in [0.05, 0.1) is 23.5 Å². The Kier molecular flexibility index (Phi) is 4.10. The van der Waals surface area contributed by atoms with Crippen LogP contribution in [-0.4, -0.2) is 12.5 Å². The molecule has 0 saturated heterocycles. The number of nitrogens with two attached hydrogens (primary N) is 2. The van der Waals surface area contributed by atoms with Gasteiger partial charge < -0.3 is 21.5 Å². The number of carbonyl (C=O) groups excluding carboxylic acids is 1. The zero-order valence-electron chi connectivity index (χ0n) is 11.2. The smallest absolute Gasteiger partial charge is 0.250 e. The molecular weight excluding hydrogens is 254 g/mol. The SMILES string of the molecule is CCOc1ccccc1Nc1cc(N)ccc1C(N)=O. The molecule has 104 valence electrons. The number of carbonyl (C=O) groups is 1. The van der Waals surface area contributed by atoms with Crippen molar-refractivity contribution in [3.8, 4) is 5.75 Å². The van der Waals surface area contributed by atoms with Gasteiger partial charge in [0.15, 0.2) is 0 Å². The Morgan fingerprint density at radius 3 is 2.65 bits per heavy atom. The third-order valence-corrected chi connectivity index (χ3v) is 2.77. The van der Waals surface area contributed by atoms with Crippen LogP contribution in [0.25, 0.3) is 0 Å². The Morgan fingerprint density at radius 2 is 1.95 bits per heavy atom. The largest absolute Gasteiger partial charge is 0.492 e. The molecule has 0 unspecified atom stereocenters. The molecule has 1 amide bonds. The highest BCUT2D eigenvalue weighted by Gasteiger charge is 2.10. The molecular formula is C15H17N3O2. The standard InChI is InChI=1S/C15H17N3O2/c1-2-20-14-6-4-3-5-12(14)18-13-9-10(16)7-8-11(13)15(17)19/h3-9,18H,2,16H2,1H3,(H2,17,19). The number of benzene rings is 2. The van der Waals surface area contributed by atoms with Gasteiger partial charge in [0.1, 0.15) is 5.75 Å². The van der Waals surface area contributed by atoms with Crippen molar-refractivity contribution in [2.24, 2.45) is 5.73 Å². The van der Waals surface area contributed by atoms with Gasteiger partial charge in [-0.1, -0.05) is 12.1 Å². The number of rotatable bonds is 5. The Balaban J connectivity index is 2.39. The van der Waals surface area contributed by atoms with Gasteiger partial charge in [-0.25, -0.2) is 0 Å². The summed E-state index contributed by atoms with van der Waals surface area (Å²) in [7, 11) is 0. The number of hydrogen-bond donors (Lipinski definition) is 3. The molecule has 5 heteroatoms. The van der Waals surface area contributed by atoms with Crippen molar-refractivity contribution in [3.05, 3.63) is 48.0 Å². The average Bonchev–Trinajstić information content (AvgIpc) is 2.41. The van der Waals surface area contributed by atoms with Crippen molar-refractivity contribution in [1.29, 1.82) is 0 Å². The van der Waals surface area contributed by atoms with E-state index < -0.39 is 5.91 Å². The molecule has 0 fully saturated rings. The first-order valence-corrected chi connectivity index (χ1v) is 6.30. The molecule has 5 N–H and O–H groups in total. The minimum Gasteiger partial charge on any atom is -0.492 e. The van der Waals surface area contributed by atoms with E-state index in [1.165, 1.54) is 0 Å². The van der Waals surface area contributed by atoms with Gasteiger partial charge in [-0.2, -0.15) is 0 Å². The van der Waals surface area contributed by atoms with E-state index in [0.29, 0.717) is 29.3 Å². The van der Waals surface area contributed by atoms with Gasteiger partial charge in [-0.15, -0.1) is 0 Å². The van der Waals surface area contributed by atoms with Crippen LogP contribution in [0.4, 0.5) is 17.1 Å². The summed E-state index contributed by atoms with van der Waals surface area (Å²) in [4.78, 5) is 11.4. The molecule has 0 saturated carbocycles. The number of anilines is 3. The highest BCUT2D eigenvalue weighted by molar-refractivity contribution is 6.00. The number of amides is 1. The molecule has 0 spiro atoms. The van der Waals surface area contributed by atoms with Crippen LogP contribution < -0.4 is 21.5 Å². The summed E-state index contributed by atoms with van der Waals surface area (Å²) < 4.78 is 5.53. The van der Waals surface area contributed by atoms with E-state index in [0.717, 1.165) is 5.69 Å². The Morgan fingerprint density at radius 1 is 1.20 bits per heavy atom. The van der Waals surface area contributed by atoms with E-state index in [2.05, 4.69) is 5.32 Å². The second-order valence-electron chi connectivity index (χ2n) is 4.22. The molecule has 2 rings (SSSR count). The second-order valence-corrected chi connectivity index (χ2v) is 4.22. The zero-order valence-corrected chi connectivity index (χ0v) is 11.2. The quantitative estimate of drug-likeness (QED) is 0.729. The van der Waals surface area contributed by atoms with Crippen molar-refractivity contribution >= 4 is 23.0 Å². The van der Waals surface area contributed by atoms with Gasteiger partial charge in [0.25, 0.3) is 5.91 Å². The van der Waals surface area contributed by atoms with Crippen molar-refractivity contribution in [3.63, 3.8) is 0 Å². The maximum absolute atomic E-state index is 11.4.